The molecule has 6 nitrogen and oxygen atoms in total. The molecule has 1 unspecified atom stereocenters. The number of pyridine rings is 1. The monoisotopic (exact) mass is 373 g/mol. The van der Waals surface area contributed by atoms with E-state index >= 15 is 0 Å². The Morgan fingerprint density at radius 1 is 1.50 bits per heavy atom. The van der Waals surface area contributed by atoms with Crippen molar-refractivity contribution in [3.8, 4) is 0 Å². The summed E-state index contributed by atoms with van der Waals surface area (Å²) in [7, 11) is 2.06. The Morgan fingerprint density at radius 2 is 2.33 bits per heavy atom. The van der Waals surface area contributed by atoms with Crippen LogP contribution in [-0.2, 0) is 4.74 Å². The van der Waals surface area contributed by atoms with Crippen LogP contribution in [0.2, 0.25) is 10.0 Å². The standard InChI is InChI=1S/C16H25Cl2N5O/c1-3-19-16(23(2)10-12-4-7-24-11-12)21-6-5-20-15-14(18)8-13(17)9-22-15/h8-9,12H,3-7,10-11H2,1-2H3,(H,19,21)(H,20,22). The van der Waals surface area contributed by atoms with Gasteiger partial charge in [-0.15, -0.1) is 0 Å². The van der Waals surface area contributed by atoms with E-state index in [0.717, 1.165) is 38.7 Å². The van der Waals surface area contributed by atoms with Gasteiger partial charge in [-0.3, -0.25) is 4.99 Å². The number of nitrogens with one attached hydrogen (secondary N) is 2. The maximum absolute atomic E-state index is 6.09. The highest BCUT2D eigenvalue weighted by atomic mass is 35.5. The maximum Gasteiger partial charge on any atom is 0.193 e. The van der Waals surface area contributed by atoms with Crippen LogP contribution in [0.15, 0.2) is 17.3 Å². The van der Waals surface area contributed by atoms with Crippen LogP contribution < -0.4 is 10.6 Å². The van der Waals surface area contributed by atoms with Crippen LogP contribution in [0.5, 0.6) is 0 Å². The van der Waals surface area contributed by atoms with Gasteiger partial charge < -0.3 is 20.3 Å². The Hall–Kier alpha value is -1.24. The summed E-state index contributed by atoms with van der Waals surface area (Å²) in [5.74, 6) is 2.10. The zero-order chi connectivity index (χ0) is 17.4. The largest absolute Gasteiger partial charge is 0.381 e. The summed E-state index contributed by atoms with van der Waals surface area (Å²) in [5.41, 5.74) is 0. The molecule has 0 bridgehead atoms. The molecule has 134 valence electrons. The molecule has 1 aromatic heterocycles. The summed E-state index contributed by atoms with van der Waals surface area (Å²) in [6.07, 6.45) is 2.69. The predicted octanol–water partition coefficient (Wildman–Crippen LogP) is 2.73. The number of hydrogen-bond acceptors (Lipinski definition) is 4. The lowest BCUT2D eigenvalue weighted by molar-refractivity contribution is 0.181. The third-order valence-corrected chi connectivity index (χ3v) is 4.22. The zero-order valence-corrected chi connectivity index (χ0v) is 15.7. The predicted molar refractivity (Wildman–Crippen MR) is 100 cm³/mol. The quantitative estimate of drug-likeness (QED) is 0.437. The Kier molecular flexibility index (Phi) is 7.88. The number of aromatic nitrogens is 1. The van der Waals surface area contributed by atoms with Crippen molar-refractivity contribution < 1.29 is 4.74 Å². The SMILES string of the molecule is CCNC(=NCCNc1ncc(Cl)cc1Cl)N(C)CC1CCOC1. The summed E-state index contributed by atoms with van der Waals surface area (Å²) in [6, 6.07) is 1.67. The topological polar surface area (TPSA) is 61.8 Å². The fourth-order valence-corrected chi connectivity index (χ4v) is 3.00. The highest BCUT2D eigenvalue weighted by Crippen LogP contribution is 2.22. The molecule has 0 aromatic carbocycles. The summed E-state index contributed by atoms with van der Waals surface area (Å²) in [5, 5.41) is 7.53. The number of aliphatic imine (C=N–C) groups is 1. The van der Waals surface area contributed by atoms with E-state index in [4.69, 9.17) is 27.9 Å². The Labute approximate surface area is 153 Å². The van der Waals surface area contributed by atoms with E-state index in [-0.39, 0.29) is 0 Å². The lowest BCUT2D eigenvalue weighted by Crippen LogP contribution is -2.41. The van der Waals surface area contributed by atoms with Gasteiger partial charge in [0.2, 0.25) is 0 Å². The van der Waals surface area contributed by atoms with Gasteiger partial charge in [-0.2, -0.15) is 0 Å². The normalized spacial score (nSPS) is 17.8. The zero-order valence-electron chi connectivity index (χ0n) is 14.2. The molecule has 1 aromatic rings. The number of guanidine groups is 1. The second-order valence-corrected chi connectivity index (χ2v) is 6.60. The molecule has 1 aliphatic heterocycles. The van der Waals surface area contributed by atoms with Crippen LogP contribution in [0, 0.1) is 5.92 Å². The number of halogens is 2. The van der Waals surface area contributed by atoms with Gasteiger partial charge >= 0.3 is 0 Å². The summed E-state index contributed by atoms with van der Waals surface area (Å²) >= 11 is 11.9. The molecule has 0 spiro atoms. The average Bonchev–Trinajstić information content (AvgIpc) is 3.05. The Balaban J connectivity index is 1.83. The molecule has 0 amide bonds. The molecule has 1 atom stereocenters. The van der Waals surface area contributed by atoms with Crippen LogP contribution in [0.25, 0.3) is 0 Å². The molecular formula is C16H25Cl2N5O. The van der Waals surface area contributed by atoms with Crippen molar-refractivity contribution in [1.82, 2.24) is 15.2 Å². The summed E-state index contributed by atoms with van der Waals surface area (Å²) in [6.45, 7) is 6.82. The molecule has 24 heavy (non-hydrogen) atoms. The number of rotatable bonds is 7. The average molecular weight is 374 g/mol. The van der Waals surface area contributed by atoms with E-state index < -0.39 is 0 Å². The first-order valence-corrected chi connectivity index (χ1v) is 8.97. The maximum atomic E-state index is 6.09. The second-order valence-electron chi connectivity index (χ2n) is 5.76. The fourth-order valence-electron chi connectivity index (χ4n) is 2.55. The van der Waals surface area contributed by atoms with Crippen LogP contribution in [0.1, 0.15) is 13.3 Å². The van der Waals surface area contributed by atoms with Crippen LogP contribution in [-0.4, -0.2) is 62.3 Å². The number of hydrogen-bond donors (Lipinski definition) is 2. The molecule has 8 heteroatoms. The molecular weight excluding hydrogens is 349 g/mol. The molecule has 2 rings (SSSR count). The van der Waals surface area contributed by atoms with Gasteiger partial charge in [0.1, 0.15) is 5.82 Å². The van der Waals surface area contributed by atoms with Crippen LogP contribution in [0.4, 0.5) is 5.82 Å². The van der Waals surface area contributed by atoms with Gasteiger partial charge in [-0.05, 0) is 19.4 Å². The molecule has 0 radical (unpaired) electrons. The second kappa shape index (κ2) is 9.91. The van der Waals surface area contributed by atoms with E-state index in [0.29, 0.717) is 34.9 Å². The van der Waals surface area contributed by atoms with E-state index in [1.54, 1.807) is 12.3 Å². The van der Waals surface area contributed by atoms with Gasteiger partial charge in [0, 0.05) is 45.4 Å². The van der Waals surface area contributed by atoms with E-state index in [1.807, 2.05) is 0 Å². The van der Waals surface area contributed by atoms with Gasteiger partial charge in [0.05, 0.1) is 23.2 Å². The minimum absolute atomic E-state index is 0.511. The third-order valence-electron chi connectivity index (χ3n) is 3.73. The molecule has 1 fully saturated rings. The van der Waals surface area contributed by atoms with Crippen molar-refractivity contribution in [1.29, 1.82) is 0 Å². The van der Waals surface area contributed by atoms with E-state index in [2.05, 4.69) is 39.5 Å². The molecule has 0 aliphatic carbocycles. The number of nitrogens with zero attached hydrogens (tertiary/aromatic N) is 3. The third kappa shape index (κ3) is 6.00. The van der Waals surface area contributed by atoms with Crippen molar-refractivity contribution in [3.05, 3.63) is 22.3 Å². The van der Waals surface area contributed by atoms with Crippen LogP contribution >= 0.6 is 23.2 Å². The lowest BCUT2D eigenvalue weighted by Gasteiger charge is -2.24. The van der Waals surface area contributed by atoms with Gasteiger partial charge in [0.15, 0.2) is 5.96 Å². The highest BCUT2D eigenvalue weighted by Gasteiger charge is 2.18. The summed E-state index contributed by atoms with van der Waals surface area (Å²) < 4.78 is 5.44. The van der Waals surface area contributed by atoms with E-state index in [9.17, 15) is 0 Å². The number of anilines is 1. The first-order chi connectivity index (χ1) is 11.6. The van der Waals surface area contributed by atoms with Crippen molar-refractivity contribution in [2.45, 2.75) is 13.3 Å². The van der Waals surface area contributed by atoms with Gasteiger partial charge in [-0.25, -0.2) is 4.98 Å². The number of ether oxygens (including phenoxy) is 1. The van der Waals surface area contributed by atoms with Crippen molar-refractivity contribution >= 4 is 35.0 Å². The highest BCUT2D eigenvalue weighted by molar-refractivity contribution is 6.35. The van der Waals surface area contributed by atoms with Gasteiger partial charge in [0.25, 0.3) is 0 Å². The van der Waals surface area contributed by atoms with E-state index in [1.165, 1.54) is 0 Å². The summed E-state index contributed by atoms with van der Waals surface area (Å²) in [4.78, 5) is 11.0. The molecule has 0 saturated carbocycles. The Morgan fingerprint density at radius 3 is 3.00 bits per heavy atom. The fraction of sp³-hybridized carbons (Fsp3) is 0.625. The van der Waals surface area contributed by atoms with Gasteiger partial charge in [-0.1, -0.05) is 23.2 Å². The smallest absolute Gasteiger partial charge is 0.193 e. The lowest BCUT2D eigenvalue weighted by atomic mass is 10.1. The van der Waals surface area contributed by atoms with Crippen molar-refractivity contribution in [2.24, 2.45) is 10.9 Å². The first kappa shape index (κ1) is 19.1. The minimum Gasteiger partial charge on any atom is -0.381 e. The molecule has 2 heterocycles. The molecule has 2 N–H and O–H groups in total. The molecule has 1 aliphatic rings. The van der Waals surface area contributed by atoms with Crippen molar-refractivity contribution in [2.75, 3.05) is 51.8 Å². The first-order valence-electron chi connectivity index (χ1n) is 8.22. The van der Waals surface area contributed by atoms with Crippen LogP contribution in [0.3, 0.4) is 0 Å². The molecule has 1 saturated heterocycles. The minimum atomic E-state index is 0.511. The Bertz CT molecular complexity index is 549. The van der Waals surface area contributed by atoms with Crippen molar-refractivity contribution in [3.63, 3.8) is 0 Å².